The summed E-state index contributed by atoms with van der Waals surface area (Å²) in [5.74, 6) is 0.253. The molecule has 2 aromatic carbocycles. The van der Waals surface area contributed by atoms with Crippen LogP contribution in [0.15, 0.2) is 48.5 Å². The van der Waals surface area contributed by atoms with Gasteiger partial charge in [-0.3, -0.25) is 0 Å². The number of aliphatic hydroxyl groups excluding tert-OH is 1. The van der Waals surface area contributed by atoms with E-state index in [1.807, 2.05) is 0 Å². The maximum atomic E-state index is 12.1. The lowest BCUT2D eigenvalue weighted by Crippen LogP contribution is -2.32. The minimum Gasteiger partial charge on any atom is -0.497 e. The minimum atomic E-state index is -4.77. The van der Waals surface area contributed by atoms with E-state index in [1.54, 1.807) is 24.3 Å². The van der Waals surface area contributed by atoms with Gasteiger partial charge in [0.15, 0.2) is 0 Å². The van der Waals surface area contributed by atoms with Gasteiger partial charge in [-0.2, -0.15) is 0 Å². The Morgan fingerprint density at radius 3 is 2.19 bits per heavy atom. The van der Waals surface area contributed by atoms with Gasteiger partial charge in [-0.25, -0.2) is 4.79 Å². The first-order valence-corrected chi connectivity index (χ1v) is 7.49. The zero-order valence-electron chi connectivity index (χ0n) is 13.7. The van der Waals surface area contributed by atoms with Crippen LogP contribution in [0, 0.1) is 0 Å². The van der Waals surface area contributed by atoms with Gasteiger partial charge in [-0.15, -0.1) is 13.2 Å². The first kappa shape index (κ1) is 19.4. The molecule has 6 nitrogen and oxygen atoms in total. The van der Waals surface area contributed by atoms with E-state index >= 15 is 0 Å². The highest BCUT2D eigenvalue weighted by molar-refractivity contribution is 5.89. The highest BCUT2D eigenvalue weighted by Crippen LogP contribution is 2.24. The predicted octanol–water partition coefficient (Wildman–Crippen LogP) is 3.45. The van der Waals surface area contributed by atoms with Crippen LogP contribution in [-0.2, 0) is 0 Å². The SMILES string of the molecule is COc1ccc(C(O)CNC(=O)Nc2ccc(OC(F)(F)F)cc2)cc1. The number of nitrogens with one attached hydrogen (secondary N) is 2. The average Bonchev–Trinajstić information content (AvgIpc) is 2.60. The molecule has 0 aliphatic carbocycles. The molecular weight excluding hydrogens is 353 g/mol. The molecule has 0 saturated carbocycles. The quantitative estimate of drug-likeness (QED) is 0.728. The van der Waals surface area contributed by atoms with Gasteiger partial charge in [0.25, 0.3) is 0 Å². The standard InChI is InChI=1S/C17H17F3N2O4/c1-25-13-6-2-11(3-7-13)15(23)10-21-16(24)22-12-4-8-14(9-5-12)26-17(18,19)20/h2-9,15,23H,10H2,1H3,(H2,21,22,24). The van der Waals surface area contributed by atoms with Crippen LogP contribution < -0.4 is 20.1 Å². The smallest absolute Gasteiger partial charge is 0.497 e. The first-order chi connectivity index (χ1) is 12.3. The Labute approximate surface area is 147 Å². The van der Waals surface area contributed by atoms with Crippen LogP contribution in [0.2, 0.25) is 0 Å². The molecule has 0 aliphatic heterocycles. The van der Waals surface area contributed by atoms with Crippen LogP contribution in [0.5, 0.6) is 11.5 Å². The molecule has 26 heavy (non-hydrogen) atoms. The number of carbonyl (C=O) groups excluding carboxylic acids is 1. The zero-order chi connectivity index (χ0) is 19.2. The summed E-state index contributed by atoms with van der Waals surface area (Å²) in [6.45, 7) is -0.0482. The largest absolute Gasteiger partial charge is 0.573 e. The monoisotopic (exact) mass is 370 g/mol. The molecule has 2 aromatic rings. The number of hydrogen-bond donors (Lipinski definition) is 3. The molecule has 1 atom stereocenters. The van der Waals surface area contributed by atoms with E-state index in [-0.39, 0.29) is 12.2 Å². The second-order valence-electron chi connectivity index (χ2n) is 5.20. The van der Waals surface area contributed by atoms with E-state index in [4.69, 9.17) is 4.74 Å². The third kappa shape index (κ3) is 6.17. The van der Waals surface area contributed by atoms with Crippen molar-refractivity contribution < 1.29 is 32.5 Å². The summed E-state index contributed by atoms with van der Waals surface area (Å²) in [5, 5.41) is 14.9. The van der Waals surface area contributed by atoms with Crippen molar-refractivity contribution in [3.63, 3.8) is 0 Å². The Balaban J connectivity index is 1.82. The average molecular weight is 370 g/mol. The molecule has 0 bridgehead atoms. The van der Waals surface area contributed by atoms with Crippen molar-refractivity contribution in [2.24, 2.45) is 0 Å². The number of methoxy groups -OCH3 is 1. The van der Waals surface area contributed by atoms with Crippen LogP contribution in [0.1, 0.15) is 11.7 Å². The maximum absolute atomic E-state index is 12.1. The van der Waals surface area contributed by atoms with Gasteiger partial charge in [0.05, 0.1) is 13.2 Å². The van der Waals surface area contributed by atoms with Gasteiger partial charge in [0.2, 0.25) is 0 Å². The number of amides is 2. The molecule has 0 heterocycles. The summed E-state index contributed by atoms with van der Waals surface area (Å²) < 4.78 is 45.0. The second-order valence-corrected chi connectivity index (χ2v) is 5.20. The topological polar surface area (TPSA) is 79.8 Å². The van der Waals surface area contributed by atoms with Gasteiger partial charge in [-0.1, -0.05) is 12.1 Å². The molecule has 0 radical (unpaired) electrons. The molecule has 0 aliphatic rings. The number of rotatable bonds is 6. The van der Waals surface area contributed by atoms with Crippen LogP contribution in [0.25, 0.3) is 0 Å². The molecule has 140 valence electrons. The van der Waals surface area contributed by atoms with Gasteiger partial charge in [0, 0.05) is 12.2 Å². The van der Waals surface area contributed by atoms with Crippen LogP contribution in [0.3, 0.4) is 0 Å². The highest BCUT2D eigenvalue weighted by atomic mass is 19.4. The normalized spacial score (nSPS) is 12.2. The molecular formula is C17H17F3N2O4. The minimum absolute atomic E-state index is 0.0482. The predicted molar refractivity (Wildman–Crippen MR) is 88.1 cm³/mol. The van der Waals surface area contributed by atoms with E-state index in [0.717, 1.165) is 12.1 Å². The van der Waals surface area contributed by atoms with E-state index < -0.39 is 24.2 Å². The Morgan fingerprint density at radius 2 is 1.65 bits per heavy atom. The number of aliphatic hydroxyl groups is 1. The summed E-state index contributed by atoms with van der Waals surface area (Å²) >= 11 is 0. The van der Waals surface area contributed by atoms with Crippen molar-refractivity contribution in [1.82, 2.24) is 5.32 Å². The van der Waals surface area contributed by atoms with Crippen molar-refractivity contribution >= 4 is 11.7 Å². The highest BCUT2D eigenvalue weighted by Gasteiger charge is 2.30. The molecule has 1 unspecified atom stereocenters. The summed E-state index contributed by atoms with van der Waals surface area (Å²) in [5.41, 5.74) is 0.871. The van der Waals surface area contributed by atoms with Crippen molar-refractivity contribution in [1.29, 1.82) is 0 Å². The van der Waals surface area contributed by atoms with Crippen molar-refractivity contribution in [2.45, 2.75) is 12.5 Å². The van der Waals surface area contributed by atoms with Crippen molar-refractivity contribution in [3.8, 4) is 11.5 Å². The Hall–Kier alpha value is -2.94. The fraction of sp³-hybridized carbons (Fsp3) is 0.235. The van der Waals surface area contributed by atoms with Gasteiger partial charge in [0.1, 0.15) is 11.5 Å². The fourth-order valence-electron chi connectivity index (χ4n) is 2.05. The summed E-state index contributed by atoms with van der Waals surface area (Å²) in [6, 6.07) is 10.8. The lowest BCUT2D eigenvalue weighted by atomic mass is 10.1. The number of hydrogen-bond acceptors (Lipinski definition) is 4. The molecule has 0 spiro atoms. The van der Waals surface area contributed by atoms with E-state index in [9.17, 15) is 23.1 Å². The number of ether oxygens (including phenoxy) is 2. The Kier molecular flexibility index (Phi) is 6.29. The summed E-state index contributed by atoms with van der Waals surface area (Å²) in [6.07, 6.45) is -5.70. The number of alkyl halides is 3. The number of anilines is 1. The van der Waals surface area contributed by atoms with E-state index in [1.165, 1.54) is 19.2 Å². The van der Waals surface area contributed by atoms with Gasteiger partial charge >= 0.3 is 12.4 Å². The van der Waals surface area contributed by atoms with Gasteiger partial charge in [-0.05, 0) is 42.0 Å². The number of carbonyl (C=O) groups is 1. The third-order valence-corrected chi connectivity index (χ3v) is 3.30. The van der Waals surface area contributed by atoms with Crippen molar-refractivity contribution in [3.05, 3.63) is 54.1 Å². The fourth-order valence-corrected chi connectivity index (χ4v) is 2.05. The molecule has 0 aromatic heterocycles. The Morgan fingerprint density at radius 1 is 1.08 bits per heavy atom. The van der Waals surface area contributed by atoms with Gasteiger partial charge < -0.3 is 25.2 Å². The van der Waals surface area contributed by atoms with Crippen LogP contribution >= 0.6 is 0 Å². The third-order valence-electron chi connectivity index (χ3n) is 3.30. The second kappa shape index (κ2) is 8.43. The molecule has 9 heteroatoms. The first-order valence-electron chi connectivity index (χ1n) is 7.49. The number of urea groups is 1. The molecule has 0 saturated heterocycles. The summed E-state index contributed by atoms with van der Waals surface area (Å²) in [7, 11) is 1.53. The van der Waals surface area contributed by atoms with E-state index in [0.29, 0.717) is 11.3 Å². The lowest BCUT2D eigenvalue weighted by Gasteiger charge is -2.14. The molecule has 2 rings (SSSR count). The van der Waals surface area contributed by atoms with Crippen LogP contribution in [0.4, 0.5) is 23.7 Å². The molecule has 3 N–H and O–H groups in total. The maximum Gasteiger partial charge on any atom is 0.573 e. The number of benzene rings is 2. The summed E-state index contributed by atoms with van der Waals surface area (Å²) in [4.78, 5) is 11.8. The molecule has 0 fully saturated rings. The van der Waals surface area contributed by atoms with Crippen LogP contribution in [-0.4, -0.2) is 31.2 Å². The van der Waals surface area contributed by atoms with Crippen molar-refractivity contribution in [2.75, 3.05) is 19.0 Å². The zero-order valence-corrected chi connectivity index (χ0v) is 13.7. The lowest BCUT2D eigenvalue weighted by molar-refractivity contribution is -0.274. The Bertz CT molecular complexity index is 718. The molecule has 2 amide bonds. The van der Waals surface area contributed by atoms with E-state index in [2.05, 4.69) is 15.4 Å². The number of halogens is 3.